The first kappa shape index (κ1) is 16.5. The third kappa shape index (κ3) is 4.14. The van der Waals surface area contributed by atoms with Crippen LogP contribution in [0.2, 0.25) is 0 Å². The minimum atomic E-state index is 0.675. The SMILES string of the molecule is CCOc1ccc(NC(=S)N2CCN(c3cccc[nH+]3)CC2)cc1. The van der Waals surface area contributed by atoms with Gasteiger partial charge in [-0.05, 0) is 49.5 Å². The lowest BCUT2D eigenvalue weighted by Gasteiger charge is -2.32. The minimum Gasteiger partial charge on any atom is -0.494 e. The standard InChI is InChI=1S/C18H22N4OS/c1-2-23-16-8-6-15(7-9-16)20-18(24)22-13-11-21(12-14-22)17-5-3-4-10-19-17/h3-10H,2,11-14H2,1H3,(H,20,24)/p+1. The van der Waals surface area contributed by atoms with Crippen LogP contribution < -0.4 is 19.9 Å². The van der Waals surface area contributed by atoms with Gasteiger partial charge in [-0.3, -0.25) is 4.90 Å². The molecule has 5 nitrogen and oxygen atoms in total. The van der Waals surface area contributed by atoms with Gasteiger partial charge in [0, 0.05) is 11.8 Å². The fourth-order valence-corrected chi connectivity index (χ4v) is 3.04. The molecule has 0 radical (unpaired) electrons. The Morgan fingerprint density at radius 1 is 1.12 bits per heavy atom. The number of nitrogens with one attached hydrogen (secondary N) is 2. The molecule has 0 bridgehead atoms. The van der Waals surface area contributed by atoms with Crippen molar-refractivity contribution in [2.24, 2.45) is 0 Å². The summed E-state index contributed by atoms with van der Waals surface area (Å²) in [4.78, 5) is 7.84. The van der Waals surface area contributed by atoms with Crippen molar-refractivity contribution in [3.63, 3.8) is 0 Å². The van der Waals surface area contributed by atoms with Gasteiger partial charge in [-0.25, -0.2) is 4.98 Å². The molecule has 1 aromatic heterocycles. The van der Waals surface area contributed by atoms with Gasteiger partial charge in [-0.15, -0.1) is 0 Å². The number of benzene rings is 1. The summed E-state index contributed by atoms with van der Waals surface area (Å²) >= 11 is 5.55. The number of anilines is 2. The largest absolute Gasteiger partial charge is 0.494 e. The van der Waals surface area contributed by atoms with E-state index in [1.54, 1.807) is 0 Å². The molecule has 0 saturated carbocycles. The van der Waals surface area contributed by atoms with Gasteiger partial charge in [0.1, 0.15) is 18.8 Å². The number of aromatic nitrogens is 1. The Kier molecular flexibility index (Phi) is 5.48. The van der Waals surface area contributed by atoms with E-state index in [1.807, 2.05) is 43.5 Å². The number of pyridine rings is 1. The molecule has 1 saturated heterocycles. The van der Waals surface area contributed by atoms with Crippen LogP contribution >= 0.6 is 12.2 Å². The zero-order valence-corrected chi connectivity index (χ0v) is 14.7. The number of hydrogen-bond acceptors (Lipinski definition) is 3. The first-order valence-electron chi connectivity index (χ1n) is 8.26. The van der Waals surface area contributed by atoms with Crippen molar-refractivity contribution in [2.45, 2.75) is 6.92 Å². The summed E-state index contributed by atoms with van der Waals surface area (Å²) in [6.45, 7) is 6.37. The Hall–Kier alpha value is -2.34. The predicted octanol–water partition coefficient (Wildman–Crippen LogP) is 2.42. The van der Waals surface area contributed by atoms with Gasteiger partial charge in [0.2, 0.25) is 0 Å². The molecular weight excluding hydrogens is 320 g/mol. The molecule has 2 heterocycles. The Morgan fingerprint density at radius 2 is 1.88 bits per heavy atom. The van der Waals surface area contributed by atoms with Crippen LogP contribution in [0.15, 0.2) is 48.7 Å². The molecule has 1 aromatic carbocycles. The van der Waals surface area contributed by atoms with E-state index in [9.17, 15) is 0 Å². The van der Waals surface area contributed by atoms with Crippen molar-refractivity contribution >= 4 is 28.8 Å². The van der Waals surface area contributed by atoms with Gasteiger partial charge in [0.05, 0.1) is 25.9 Å². The predicted molar refractivity (Wildman–Crippen MR) is 101 cm³/mol. The molecule has 2 N–H and O–H groups in total. The average Bonchev–Trinajstić information content (AvgIpc) is 2.64. The fraction of sp³-hybridized carbons (Fsp3) is 0.333. The number of rotatable bonds is 4. The van der Waals surface area contributed by atoms with Crippen molar-refractivity contribution < 1.29 is 9.72 Å². The molecule has 3 rings (SSSR count). The highest BCUT2D eigenvalue weighted by Crippen LogP contribution is 2.17. The highest BCUT2D eigenvalue weighted by Gasteiger charge is 2.24. The molecule has 126 valence electrons. The first-order chi connectivity index (χ1) is 11.8. The third-order valence-electron chi connectivity index (χ3n) is 4.02. The van der Waals surface area contributed by atoms with Gasteiger partial charge in [0.15, 0.2) is 5.11 Å². The maximum atomic E-state index is 5.55. The second-order valence-corrected chi connectivity index (χ2v) is 6.00. The van der Waals surface area contributed by atoms with Crippen LogP contribution in [0.25, 0.3) is 0 Å². The van der Waals surface area contributed by atoms with E-state index in [0.29, 0.717) is 6.61 Å². The van der Waals surface area contributed by atoms with Crippen LogP contribution in [-0.2, 0) is 0 Å². The molecule has 1 fully saturated rings. The summed E-state index contributed by atoms with van der Waals surface area (Å²) in [5, 5.41) is 4.08. The lowest BCUT2D eigenvalue weighted by molar-refractivity contribution is -0.364. The average molecular weight is 343 g/mol. The second kappa shape index (κ2) is 7.97. The van der Waals surface area contributed by atoms with E-state index in [0.717, 1.165) is 48.5 Å². The molecule has 0 amide bonds. The topological polar surface area (TPSA) is 41.9 Å². The number of aromatic amines is 1. The molecule has 0 unspecified atom stereocenters. The number of ether oxygens (including phenoxy) is 1. The van der Waals surface area contributed by atoms with Crippen LogP contribution in [0.4, 0.5) is 11.5 Å². The molecule has 2 aromatic rings. The summed E-state index contributed by atoms with van der Waals surface area (Å²) in [6.07, 6.45) is 1.96. The highest BCUT2D eigenvalue weighted by atomic mass is 32.1. The Balaban J connectivity index is 1.51. The summed E-state index contributed by atoms with van der Waals surface area (Å²) in [5.41, 5.74) is 0.988. The van der Waals surface area contributed by atoms with Gasteiger partial charge < -0.3 is 15.0 Å². The fourth-order valence-electron chi connectivity index (χ4n) is 2.73. The van der Waals surface area contributed by atoms with Gasteiger partial charge in [-0.1, -0.05) is 6.07 Å². The van der Waals surface area contributed by atoms with Crippen LogP contribution in [0.3, 0.4) is 0 Å². The van der Waals surface area contributed by atoms with Crippen molar-refractivity contribution in [3.8, 4) is 5.75 Å². The second-order valence-electron chi connectivity index (χ2n) is 5.61. The lowest BCUT2D eigenvalue weighted by atomic mass is 10.3. The molecule has 0 aliphatic carbocycles. The van der Waals surface area contributed by atoms with E-state index in [-0.39, 0.29) is 0 Å². The van der Waals surface area contributed by atoms with Crippen LogP contribution in [0.5, 0.6) is 5.75 Å². The third-order valence-corrected chi connectivity index (χ3v) is 4.38. The smallest absolute Gasteiger partial charge is 0.274 e. The minimum absolute atomic E-state index is 0.675. The highest BCUT2D eigenvalue weighted by molar-refractivity contribution is 7.80. The van der Waals surface area contributed by atoms with E-state index in [2.05, 4.69) is 32.2 Å². The van der Waals surface area contributed by atoms with E-state index >= 15 is 0 Å². The molecule has 0 atom stereocenters. The quantitative estimate of drug-likeness (QED) is 0.864. The van der Waals surface area contributed by atoms with Crippen LogP contribution in [-0.4, -0.2) is 42.8 Å². The number of piperazine rings is 1. The van der Waals surface area contributed by atoms with Gasteiger partial charge in [-0.2, -0.15) is 0 Å². The van der Waals surface area contributed by atoms with Crippen molar-refractivity contribution in [3.05, 3.63) is 48.7 Å². The Bertz CT molecular complexity index is 654. The van der Waals surface area contributed by atoms with Gasteiger partial charge in [0.25, 0.3) is 5.82 Å². The van der Waals surface area contributed by atoms with Gasteiger partial charge >= 0.3 is 0 Å². The van der Waals surface area contributed by atoms with E-state index in [1.165, 1.54) is 0 Å². The van der Waals surface area contributed by atoms with Crippen LogP contribution in [0.1, 0.15) is 6.92 Å². The number of hydrogen-bond donors (Lipinski definition) is 1. The molecule has 1 aliphatic rings. The summed E-state index contributed by atoms with van der Waals surface area (Å²) < 4.78 is 5.46. The molecule has 1 aliphatic heterocycles. The summed E-state index contributed by atoms with van der Waals surface area (Å²) in [7, 11) is 0. The molecule has 0 spiro atoms. The number of nitrogens with zero attached hydrogens (tertiary/aromatic N) is 2. The summed E-state index contributed by atoms with van der Waals surface area (Å²) in [5.74, 6) is 2.03. The maximum Gasteiger partial charge on any atom is 0.274 e. The molecule has 6 heteroatoms. The van der Waals surface area contributed by atoms with Crippen molar-refractivity contribution in [1.29, 1.82) is 0 Å². The first-order valence-corrected chi connectivity index (χ1v) is 8.67. The summed E-state index contributed by atoms with van der Waals surface area (Å²) in [6, 6.07) is 14.0. The molecule has 24 heavy (non-hydrogen) atoms. The van der Waals surface area contributed by atoms with Crippen molar-refractivity contribution in [1.82, 2.24) is 4.90 Å². The van der Waals surface area contributed by atoms with E-state index in [4.69, 9.17) is 17.0 Å². The Morgan fingerprint density at radius 3 is 2.50 bits per heavy atom. The van der Waals surface area contributed by atoms with E-state index < -0.39 is 0 Å². The zero-order chi connectivity index (χ0) is 16.8. The lowest BCUT2D eigenvalue weighted by Crippen LogP contribution is -2.51. The zero-order valence-electron chi connectivity index (χ0n) is 13.9. The Labute approximate surface area is 148 Å². The number of thiocarbonyl (C=S) groups is 1. The number of H-pyrrole nitrogens is 1. The molecular formula is C18H23N4OS+. The maximum absolute atomic E-state index is 5.55. The van der Waals surface area contributed by atoms with Crippen molar-refractivity contribution in [2.75, 3.05) is 43.0 Å². The van der Waals surface area contributed by atoms with Crippen LogP contribution in [0, 0.1) is 0 Å². The normalized spacial score (nSPS) is 14.4. The monoisotopic (exact) mass is 343 g/mol.